The summed E-state index contributed by atoms with van der Waals surface area (Å²) in [5, 5.41) is 12.4. The Hall–Kier alpha value is -3.54. The van der Waals surface area contributed by atoms with Gasteiger partial charge in [-0.2, -0.15) is 4.91 Å². The third-order valence-electron chi connectivity index (χ3n) is 5.38. The molecule has 154 valence electrons. The van der Waals surface area contributed by atoms with Gasteiger partial charge in [0.05, 0.1) is 6.42 Å². The van der Waals surface area contributed by atoms with E-state index in [4.69, 9.17) is 5.11 Å². The third kappa shape index (κ3) is 4.89. The van der Waals surface area contributed by atoms with Crippen LogP contribution in [0.2, 0.25) is 0 Å². The molecule has 2 aromatic carbocycles. The SMILES string of the molecule is Cc1ccccc1[C@H](CC(N=O)c1ccc(=O)n(C)c1)c1ccc(CC(=O)O)cc1. The van der Waals surface area contributed by atoms with E-state index in [0.29, 0.717) is 12.0 Å². The molecule has 1 unspecified atom stereocenters. The van der Waals surface area contributed by atoms with Crippen LogP contribution in [0.5, 0.6) is 0 Å². The van der Waals surface area contributed by atoms with Gasteiger partial charge in [0.1, 0.15) is 6.04 Å². The molecule has 6 nitrogen and oxygen atoms in total. The van der Waals surface area contributed by atoms with Gasteiger partial charge in [-0.05, 0) is 47.2 Å². The van der Waals surface area contributed by atoms with Crippen molar-refractivity contribution in [3.8, 4) is 0 Å². The predicted molar refractivity (Wildman–Crippen MR) is 116 cm³/mol. The summed E-state index contributed by atoms with van der Waals surface area (Å²) < 4.78 is 1.44. The summed E-state index contributed by atoms with van der Waals surface area (Å²) in [6.45, 7) is 2.02. The topological polar surface area (TPSA) is 88.7 Å². The molecular formula is C24H24N2O4. The fraction of sp³-hybridized carbons (Fsp3) is 0.250. The zero-order chi connectivity index (χ0) is 21.7. The van der Waals surface area contributed by atoms with E-state index in [0.717, 1.165) is 22.3 Å². The fourth-order valence-electron chi connectivity index (χ4n) is 3.74. The maximum absolute atomic E-state index is 11.8. The molecule has 0 saturated heterocycles. The Morgan fingerprint density at radius 1 is 1.03 bits per heavy atom. The number of carboxylic acids is 1. The molecular weight excluding hydrogens is 380 g/mol. The highest BCUT2D eigenvalue weighted by Gasteiger charge is 2.23. The monoisotopic (exact) mass is 404 g/mol. The average Bonchev–Trinajstić information content (AvgIpc) is 2.72. The molecule has 3 aromatic rings. The minimum Gasteiger partial charge on any atom is -0.481 e. The van der Waals surface area contributed by atoms with Gasteiger partial charge in [0.15, 0.2) is 0 Å². The van der Waals surface area contributed by atoms with Crippen LogP contribution < -0.4 is 5.56 Å². The second kappa shape index (κ2) is 9.31. The van der Waals surface area contributed by atoms with Crippen molar-refractivity contribution >= 4 is 5.97 Å². The van der Waals surface area contributed by atoms with E-state index in [1.54, 1.807) is 19.3 Å². The van der Waals surface area contributed by atoms with Crippen molar-refractivity contribution in [3.63, 3.8) is 0 Å². The van der Waals surface area contributed by atoms with Crippen LogP contribution in [0.3, 0.4) is 0 Å². The molecule has 30 heavy (non-hydrogen) atoms. The van der Waals surface area contributed by atoms with Gasteiger partial charge in [-0.3, -0.25) is 9.59 Å². The number of carboxylic acid groups (broad SMARTS) is 1. The summed E-state index contributed by atoms with van der Waals surface area (Å²) in [5.41, 5.74) is 4.43. The maximum atomic E-state index is 11.8. The van der Waals surface area contributed by atoms with Crippen molar-refractivity contribution < 1.29 is 9.90 Å². The molecule has 1 aromatic heterocycles. The number of aliphatic carboxylic acids is 1. The third-order valence-corrected chi connectivity index (χ3v) is 5.38. The van der Waals surface area contributed by atoms with E-state index in [2.05, 4.69) is 5.18 Å². The molecule has 0 radical (unpaired) electrons. The highest BCUT2D eigenvalue weighted by atomic mass is 16.4. The van der Waals surface area contributed by atoms with Gasteiger partial charge in [-0.15, -0.1) is 0 Å². The lowest BCUT2D eigenvalue weighted by Crippen LogP contribution is -2.16. The van der Waals surface area contributed by atoms with E-state index in [1.165, 1.54) is 10.6 Å². The first-order chi connectivity index (χ1) is 14.4. The number of benzene rings is 2. The Labute approximate surface area is 174 Å². The molecule has 2 atom stereocenters. The van der Waals surface area contributed by atoms with Gasteiger partial charge in [0.25, 0.3) is 0 Å². The number of nitroso groups, excluding NO2 is 1. The zero-order valence-corrected chi connectivity index (χ0v) is 17.0. The quantitative estimate of drug-likeness (QED) is 0.565. The minimum absolute atomic E-state index is 0.0358. The molecule has 3 rings (SSSR count). The van der Waals surface area contributed by atoms with Crippen molar-refractivity contribution in [1.82, 2.24) is 4.57 Å². The van der Waals surface area contributed by atoms with Crippen LogP contribution in [0, 0.1) is 11.8 Å². The first-order valence-corrected chi connectivity index (χ1v) is 9.74. The number of aromatic nitrogens is 1. The van der Waals surface area contributed by atoms with Crippen LogP contribution >= 0.6 is 0 Å². The van der Waals surface area contributed by atoms with Crippen molar-refractivity contribution in [1.29, 1.82) is 0 Å². The maximum Gasteiger partial charge on any atom is 0.307 e. The van der Waals surface area contributed by atoms with Crippen LogP contribution in [0.1, 0.15) is 46.2 Å². The minimum atomic E-state index is -0.877. The lowest BCUT2D eigenvalue weighted by Gasteiger charge is -2.23. The zero-order valence-electron chi connectivity index (χ0n) is 17.0. The second-order valence-corrected chi connectivity index (χ2v) is 7.49. The van der Waals surface area contributed by atoms with Crippen LogP contribution in [0.25, 0.3) is 0 Å². The van der Waals surface area contributed by atoms with E-state index in [1.807, 2.05) is 55.5 Å². The molecule has 0 aliphatic rings. The van der Waals surface area contributed by atoms with Gasteiger partial charge in [0.2, 0.25) is 5.56 Å². The van der Waals surface area contributed by atoms with Gasteiger partial charge < -0.3 is 9.67 Å². The summed E-state index contributed by atoms with van der Waals surface area (Å²) in [5.74, 6) is -0.983. The number of rotatable bonds is 8. The number of pyridine rings is 1. The number of hydrogen-bond acceptors (Lipinski definition) is 4. The van der Waals surface area contributed by atoms with Gasteiger partial charge in [-0.1, -0.05) is 53.7 Å². The second-order valence-electron chi connectivity index (χ2n) is 7.49. The van der Waals surface area contributed by atoms with Gasteiger partial charge in [-0.25, -0.2) is 0 Å². The molecule has 1 N–H and O–H groups in total. The number of aryl methyl sites for hydroxylation is 2. The normalized spacial score (nSPS) is 12.9. The molecule has 0 bridgehead atoms. The van der Waals surface area contributed by atoms with Crippen molar-refractivity contribution in [2.45, 2.75) is 31.7 Å². The molecule has 0 fully saturated rings. The average molecular weight is 404 g/mol. The lowest BCUT2D eigenvalue weighted by molar-refractivity contribution is -0.136. The standard InChI is InChI=1S/C24H24N2O4/c1-16-5-3-4-6-20(16)21(18-9-7-17(8-10-18)13-24(28)29)14-22(25-30)19-11-12-23(27)26(2)15-19/h3-12,15,21-22H,13-14H2,1-2H3,(H,28,29)/t21-,22?/m1/s1. The highest BCUT2D eigenvalue weighted by molar-refractivity contribution is 5.70. The van der Waals surface area contributed by atoms with Crippen molar-refractivity contribution in [3.05, 3.63) is 110 Å². The Kier molecular flexibility index (Phi) is 6.57. The molecule has 0 aliphatic carbocycles. The summed E-state index contributed by atoms with van der Waals surface area (Å²) in [4.78, 5) is 34.4. The predicted octanol–water partition coefficient (Wildman–Crippen LogP) is 4.35. The molecule has 0 saturated carbocycles. The van der Waals surface area contributed by atoms with Gasteiger partial charge in [0, 0.05) is 25.2 Å². The molecule has 0 spiro atoms. The number of hydrogen-bond donors (Lipinski definition) is 1. The number of carbonyl (C=O) groups is 1. The Morgan fingerprint density at radius 3 is 2.30 bits per heavy atom. The lowest BCUT2D eigenvalue weighted by atomic mass is 9.82. The van der Waals surface area contributed by atoms with Crippen LogP contribution in [-0.2, 0) is 18.3 Å². The highest BCUT2D eigenvalue weighted by Crippen LogP contribution is 2.37. The Morgan fingerprint density at radius 2 is 1.70 bits per heavy atom. The molecule has 0 amide bonds. The van der Waals surface area contributed by atoms with Crippen LogP contribution in [0.15, 0.2) is 76.8 Å². The molecule has 6 heteroatoms. The summed E-state index contributed by atoms with van der Waals surface area (Å²) >= 11 is 0. The summed E-state index contributed by atoms with van der Waals surface area (Å²) in [6, 6.07) is 17.9. The van der Waals surface area contributed by atoms with Crippen LogP contribution in [0.4, 0.5) is 0 Å². The van der Waals surface area contributed by atoms with Crippen LogP contribution in [-0.4, -0.2) is 15.6 Å². The van der Waals surface area contributed by atoms with Crippen molar-refractivity contribution in [2.75, 3.05) is 0 Å². The van der Waals surface area contributed by atoms with E-state index < -0.39 is 12.0 Å². The first-order valence-electron chi connectivity index (χ1n) is 9.74. The van der Waals surface area contributed by atoms with Crippen molar-refractivity contribution in [2.24, 2.45) is 12.2 Å². The molecule has 1 heterocycles. The van der Waals surface area contributed by atoms with Gasteiger partial charge >= 0.3 is 5.97 Å². The smallest absolute Gasteiger partial charge is 0.307 e. The molecule has 0 aliphatic heterocycles. The Balaban J connectivity index is 2.00. The largest absolute Gasteiger partial charge is 0.481 e. The fourth-order valence-corrected chi connectivity index (χ4v) is 3.74. The Bertz CT molecular complexity index is 1100. The van der Waals surface area contributed by atoms with E-state index in [-0.39, 0.29) is 17.9 Å². The summed E-state index contributed by atoms with van der Waals surface area (Å²) in [7, 11) is 1.65. The van der Waals surface area contributed by atoms with E-state index >= 15 is 0 Å². The van der Waals surface area contributed by atoms with E-state index in [9.17, 15) is 14.5 Å². The summed E-state index contributed by atoms with van der Waals surface area (Å²) in [6.07, 6.45) is 2.05. The number of nitrogens with zero attached hydrogens (tertiary/aromatic N) is 2. The first kappa shape index (κ1) is 21.2.